The first-order chi connectivity index (χ1) is 15.8. The predicted octanol–water partition coefficient (Wildman–Crippen LogP) is 4.49. The number of nitrogens with zero attached hydrogens (tertiary/aromatic N) is 3. The number of fused-ring (bicyclic) bond motifs is 3. The summed E-state index contributed by atoms with van der Waals surface area (Å²) < 4.78 is 30.9. The van der Waals surface area contributed by atoms with Crippen molar-refractivity contribution in [2.75, 3.05) is 23.9 Å². The normalized spacial score (nSPS) is 15.0. The molecule has 1 N–H and O–H groups in total. The van der Waals surface area contributed by atoms with E-state index in [0.29, 0.717) is 34.2 Å². The Labute approximate surface area is 189 Å². The largest absolute Gasteiger partial charge is 0.481 e. The van der Waals surface area contributed by atoms with Gasteiger partial charge in [-0.15, -0.1) is 0 Å². The Morgan fingerprint density at radius 2 is 1.97 bits per heavy atom. The van der Waals surface area contributed by atoms with Crippen LogP contribution in [0.25, 0.3) is 11.1 Å². The summed E-state index contributed by atoms with van der Waals surface area (Å²) in [5.41, 5.74) is 3.41. The van der Waals surface area contributed by atoms with Gasteiger partial charge in [-0.2, -0.15) is 0 Å². The van der Waals surface area contributed by atoms with Crippen LogP contribution in [0.5, 0.6) is 5.88 Å². The Kier molecular flexibility index (Phi) is 6.04. The molecule has 3 heterocycles. The number of rotatable bonds is 5. The number of methoxy groups -OCH3 is 1. The number of hydrogen-bond donors (Lipinski definition) is 1. The van der Waals surface area contributed by atoms with Gasteiger partial charge in [-0.3, -0.25) is 14.6 Å². The maximum Gasteiger partial charge on any atom is 0.263 e. The zero-order valence-corrected chi connectivity index (χ0v) is 18.3. The zero-order chi connectivity index (χ0) is 23.7. The van der Waals surface area contributed by atoms with Crippen LogP contribution < -0.4 is 15.0 Å². The number of aryl methyl sites for hydroxylation is 1. The SMILES string of the molecule is COc1cc2c(c(C)n1)-c1cccnc1[C@H](C)C(=O)N2CC(=O)Nc1ccc(C(F)F)cc1. The number of benzene rings is 1. The van der Waals surface area contributed by atoms with Gasteiger partial charge in [0.1, 0.15) is 6.54 Å². The molecule has 4 rings (SSSR count). The second-order valence-electron chi connectivity index (χ2n) is 7.70. The molecular formula is C24H22F2N4O3. The summed E-state index contributed by atoms with van der Waals surface area (Å²) in [4.78, 5) is 36.6. The molecule has 9 heteroatoms. The number of pyridine rings is 2. The number of anilines is 2. The fraction of sp³-hybridized carbons (Fsp3) is 0.250. The van der Waals surface area contributed by atoms with E-state index in [9.17, 15) is 18.4 Å². The van der Waals surface area contributed by atoms with E-state index in [-0.39, 0.29) is 18.0 Å². The predicted molar refractivity (Wildman–Crippen MR) is 120 cm³/mol. The van der Waals surface area contributed by atoms with Crippen LogP contribution in [-0.4, -0.2) is 35.4 Å². The third kappa shape index (κ3) is 4.26. The molecule has 1 aromatic carbocycles. The summed E-state index contributed by atoms with van der Waals surface area (Å²) in [5.74, 6) is -1.06. The van der Waals surface area contributed by atoms with Gasteiger partial charge in [0.2, 0.25) is 17.7 Å². The van der Waals surface area contributed by atoms with Crippen molar-refractivity contribution < 1.29 is 23.1 Å². The summed E-state index contributed by atoms with van der Waals surface area (Å²) in [6, 6.07) is 10.6. The van der Waals surface area contributed by atoms with Crippen LogP contribution in [0.3, 0.4) is 0 Å². The number of nitrogens with one attached hydrogen (secondary N) is 1. The fourth-order valence-electron chi connectivity index (χ4n) is 3.94. The Balaban J connectivity index is 1.71. The van der Waals surface area contributed by atoms with E-state index in [1.165, 1.54) is 36.3 Å². The van der Waals surface area contributed by atoms with Crippen molar-refractivity contribution in [3.63, 3.8) is 0 Å². The molecule has 0 fully saturated rings. The van der Waals surface area contributed by atoms with Crippen LogP contribution in [0.1, 0.15) is 36.2 Å². The van der Waals surface area contributed by atoms with E-state index in [1.54, 1.807) is 32.2 Å². The third-order valence-corrected chi connectivity index (χ3v) is 5.56. The number of ether oxygens (including phenoxy) is 1. The van der Waals surface area contributed by atoms with Gasteiger partial charge in [-0.05, 0) is 32.0 Å². The molecule has 0 aliphatic carbocycles. The van der Waals surface area contributed by atoms with Crippen LogP contribution in [0.4, 0.5) is 20.2 Å². The molecule has 170 valence electrons. The number of alkyl halides is 2. The van der Waals surface area contributed by atoms with Gasteiger partial charge < -0.3 is 15.0 Å². The van der Waals surface area contributed by atoms with Crippen molar-refractivity contribution in [3.05, 3.63) is 65.6 Å². The van der Waals surface area contributed by atoms with Crippen LogP contribution in [0.15, 0.2) is 48.7 Å². The molecule has 2 aromatic heterocycles. The molecule has 0 spiro atoms. The average Bonchev–Trinajstić information content (AvgIpc) is 2.89. The summed E-state index contributed by atoms with van der Waals surface area (Å²) in [6.07, 6.45) is -0.968. The number of aromatic nitrogens is 2. The quantitative estimate of drug-likeness (QED) is 0.617. The van der Waals surface area contributed by atoms with E-state index in [1.807, 2.05) is 6.07 Å². The summed E-state index contributed by atoms with van der Waals surface area (Å²) >= 11 is 0. The van der Waals surface area contributed by atoms with Crippen LogP contribution in [0, 0.1) is 6.92 Å². The highest BCUT2D eigenvalue weighted by atomic mass is 19.3. The molecule has 1 aliphatic heterocycles. The number of halogens is 2. The second kappa shape index (κ2) is 8.93. The number of amides is 2. The van der Waals surface area contributed by atoms with Gasteiger partial charge in [0.15, 0.2) is 0 Å². The second-order valence-corrected chi connectivity index (χ2v) is 7.70. The smallest absolute Gasteiger partial charge is 0.263 e. The highest BCUT2D eigenvalue weighted by Crippen LogP contribution is 2.42. The summed E-state index contributed by atoms with van der Waals surface area (Å²) in [5, 5.41) is 2.67. The first-order valence-corrected chi connectivity index (χ1v) is 10.3. The number of hydrogen-bond acceptors (Lipinski definition) is 5. The van der Waals surface area contributed by atoms with Crippen molar-refractivity contribution >= 4 is 23.2 Å². The maximum absolute atomic E-state index is 13.5. The first-order valence-electron chi connectivity index (χ1n) is 10.3. The van der Waals surface area contributed by atoms with E-state index < -0.39 is 18.3 Å². The molecule has 7 nitrogen and oxygen atoms in total. The van der Waals surface area contributed by atoms with Gasteiger partial charge in [0.05, 0.1) is 30.1 Å². The standard InChI is InChI=1S/C24H22F2N4O3/c1-13-22-17(5-4-10-27-22)21-14(2)28-20(33-3)11-18(21)30(24(13)32)12-19(31)29-16-8-6-15(7-9-16)23(25)26/h4-11,13,23H,12H2,1-3H3,(H,29,31)/t13-/m0/s1. The molecule has 0 saturated carbocycles. The van der Waals surface area contributed by atoms with Crippen molar-refractivity contribution in [2.24, 2.45) is 0 Å². The lowest BCUT2D eigenvalue weighted by atomic mass is 9.96. The maximum atomic E-state index is 13.5. The van der Waals surface area contributed by atoms with Crippen molar-refractivity contribution in [1.82, 2.24) is 9.97 Å². The lowest BCUT2D eigenvalue weighted by Gasteiger charge is -2.25. The molecule has 1 aliphatic rings. The molecule has 1 atom stereocenters. The minimum Gasteiger partial charge on any atom is -0.481 e. The molecule has 3 aromatic rings. The van der Waals surface area contributed by atoms with E-state index >= 15 is 0 Å². The Morgan fingerprint density at radius 1 is 1.24 bits per heavy atom. The van der Waals surface area contributed by atoms with Gasteiger partial charge in [0, 0.05) is 34.6 Å². The summed E-state index contributed by atoms with van der Waals surface area (Å²) in [7, 11) is 1.48. The molecule has 2 amide bonds. The number of carbonyl (C=O) groups excluding carboxylic acids is 2. The topological polar surface area (TPSA) is 84.4 Å². The summed E-state index contributed by atoms with van der Waals surface area (Å²) in [6.45, 7) is 3.27. The lowest BCUT2D eigenvalue weighted by molar-refractivity contribution is -0.122. The van der Waals surface area contributed by atoms with Gasteiger partial charge >= 0.3 is 0 Å². The molecule has 0 radical (unpaired) electrons. The molecule has 0 unspecified atom stereocenters. The monoisotopic (exact) mass is 452 g/mol. The van der Waals surface area contributed by atoms with Gasteiger partial charge in [-0.1, -0.05) is 18.2 Å². The third-order valence-electron chi connectivity index (χ3n) is 5.56. The number of carbonyl (C=O) groups is 2. The van der Waals surface area contributed by atoms with Gasteiger partial charge in [0.25, 0.3) is 6.43 Å². The van der Waals surface area contributed by atoms with Crippen LogP contribution in [-0.2, 0) is 9.59 Å². The Morgan fingerprint density at radius 3 is 2.64 bits per heavy atom. The Hall–Kier alpha value is -3.88. The van der Waals surface area contributed by atoms with Gasteiger partial charge in [-0.25, -0.2) is 13.8 Å². The highest BCUT2D eigenvalue weighted by molar-refractivity contribution is 6.09. The highest BCUT2D eigenvalue weighted by Gasteiger charge is 2.35. The van der Waals surface area contributed by atoms with E-state index in [4.69, 9.17) is 4.74 Å². The molecule has 33 heavy (non-hydrogen) atoms. The first kappa shape index (κ1) is 22.3. The lowest BCUT2D eigenvalue weighted by Crippen LogP contribution is -2.40. The van der Waals surface area contributed by atoms with Crippen molar-refractivity contribution in [2.45, 2.75) is 26.2 Å². The van der Waals surface area contributed by atoms with Crippen molar-refractivity contribution in [1.29, 1.82) is 0 Å². The Bertz CT molecular complexity index is 1210. The van der Waals surface area contributed by atoms with Crippen LogP contribution >= 0.6 is 0 Å². The zero-order valence-electron chi connectivity index (χ0n) is 18.3. The fourth-order valence-corrected chi connectivity index (χ4v) is 3.94. The minimum absolute atomic E-state index is 0.140. The average molecular weight is 452 g/mol. The minimum atomic E-state index is -2.59. The van der Waals surface area contributed by atoms with E-state index in [0.717, 1.165) is 5.56 Å². The van der Waals surface area contributed by atoms with Crippen LogP contribution in [0.2, 0.25) is 0 Å². The molecule has 0 bridgehead atoms. The molecule has 0 saturated heterocycles. The van der Waals surface area contributed by atoms with E-state index in [2.05, 4.69) is 15.3 Å². The molecular weight excluding hydrogens is 430 g/mol. The van der Waals surface area contributed by atoms with Crippen molar-refractivity contribution in [3.8, 4) is 17.0 Å².